The molecule has 1 heterocycles. The Morgan fingerprint density at radius 1 is 0.750 bits per heavy atom. The van der Waals surface area contributed by atoms with E-state index in [9.17, 15) is 9.59 Å². The lowest BCUT2D eigenvalue weighted by molar-refractivity contribution is 0.109. The van der Waals surface area contributed by atoms with Gasteiger partial charge in [0, 0.05) is 34.0 Å². The van der Waals surface area contributed by atoms with E-state index in [4.69, 9.17) is 0 Å². The van der Waals surface area contributed by atoms with Gasteiger partial charge in [0.05, 0.1) is 5.52 Å². The van der Waals surface area contributed by atoms with E-state index in [0.717, 1.165) is 39.9 Å². The molecular weight excluding hydrogens is 298 g/mol. The van der Waals surface area contributed by atoms with Crippen LogP contribution in [-0.2, 0) is 6.54 Å². The van der Waals surface area contributed by atoms with Gasteiger partial charge in [-0.05, 0) is 11.6 Å². The predicted octanol–water partition coefficient (Wildman–Crippen LogP) is 4.47. The maximum absolute atomic E-state index is 11.7. The fourth-order valence-corrected chi connectivity index (χ4v) is 3.35. The molecule has 0 N–H and O–H groups in total. The standard InChI is InChI=1S/C21H15NO2/c23-13-16-10-11-18-17-8-4-5-9-20(17)22(21(18)19(16)14-24)12-15-6-2-1-3-7-15/h1-11,13-14H,12H2. The molecule has 1 aromatic heterocycles. The van der Waals surface area contributed by atoms with Gasteiger partial charge in [0.15, 0.2) is 12.6 Å². The summed E-state index contributed by atoms with van der Waals surface area (Å²) in [4.78, 5) is 23.1. The molecule has 0 saturated carbocycles. The van der Waals surface area contributed by atoms with Crippen molar-refractivity contribution in [3.63, 3.8) is 0 Å². The van der Waals surface area contributed by atoms with E-state index in [-0.39, 0.29) is 0 Å². The van der Waals surface area contributed by atoms with E-state index in [1.165, 1.54) is 0 Å². The molecule has 0 amide bonds. The second-order valence-corrected chi connectivity index (χ2v) is 5.79. The third-order valence-electron chi connectivity index (χ3n) is 4.43. The fourth-order valence-electron chi connectivity index (χ4n) is 3.35. The summed E-state index contributed by atoms with van der Waals surface area (Å²) in [6.45, 7) is 0.647. The van der Waals surface area contributed by atoms with Crippen LogP contribution in [0.4, 0.5) is 0 Å². The number of hydrogen-bond acceptors (Lipinski definition) is 2. The van der Waals surface area contributed by atoms with Gasteiger partial charge >= 0.3 is 0 Å². The number of benzene rings is 3. The number of rotatable bonds is 4. The molecule has 4 aromatic rings. The van der Waals surface area contributed by atoms with Crippen LogP contribution in [0.1, 0.15) is 26.3 Å². The fraction of sp³-hybridized carbons (Fsp3) is 0.0476. The Labute approximate surface area is 139 Å². The van der Waals surface area contributed by atoms with Gasteiger partial charge in [-0.1, -0.05) is 60.7 Å². The van der Waals surface area contributed by atoms with Gasteiger partial charge in [-0.2, -0.15) is 0 Å². The third kappa shape index (κ3) is 2.14. The Hall–Kier alpha value is -3.20. The number of para-hydroxylation sites is 1. The molecule has 0 radical (unpaired) electrons. The van der Waals surface area contributed by atoms with Crippen LogP contribution in [0.3, 0.4) is 0 Å². The predicted molar refractivity (Wildman–Crippen MR) is 95.8 cm³/mol. The van der Waals surface area contributed by atoms with Gasteiger partial charge in [-0.25, -0.2) is 0 Å². The van der Waals surface area contributed by atoms with E-state index < -0.39 is 0 Å². The first kappa shape index (κ1) is 14.4. The van der Waals surface area contributed by atoms with Crippen LogP contribution in [0.5, 0.6) is 0 Å². The molecule has 0 aliphatic heterocycles. The molecule has 0 aliphatic rings. The van der Waals surface area contributed by atoms with E-state index >= 15 is 0 Å². The average molecular weight is 313 g/mol. The van der Waals surface area contributed by atoms with Crippen molar-refractivity contribution >= 4 is 34.4 Å². The first-order valence-electron chi connectivity index (χ1n) is 7.81. The van der Waals surface area contributed by atoms with E-state index in [2.05, 4.69) is 16.7 Å². The van der Waals surface area contributed by atoms with Gasteiger partial charge in [0.1, 0.15) is 0 Å². The van der Waals surface area contributed by atoms with Crippen molar-refractivity contribution < 1.29 is 9.59 Å². The molecule has 0 aliphatic carbocycles. The highest BCUT2D eigenvalue weighted by Crippen LogP contribution is 2.32. The zero-order chi connectivity index (χ0) is 16.5. The van der Waals surface area contributed by atoms with E-state index in [1.807, 2.05) is 48.5 Å². The molecule has 24 heavy (non-hydrogen) atoms. The van der Waals surface area contributed by atoms with Crippen LogP contribution in [-0.4, -0.2) is 17.1 Å². The van der Waals surface area contributed by atoms with Crippen molar-refractivity contribution in [2.45, 2.75) is 6.54 Å². The second kappa shape index (κ2) is 5.78. The Morgan fingerprint density at radius 3 is 2.25 bits per heavy atom. The van der Waals surface area contributed by atoms with Crippen molar-refractivity contribution in [3.05, 3.63) is 83.4 Å². The van der Waals surface area contributed by atoms with Crippen molar-refractivity contribution in [2.75, 3.05) is 0 Å². The molecule has 4 rings (SSSR count). The third-order valence-corrected chi connectivity index (χ3v) is 4.43. The highest BCUT2D eigenvalue weighted by molar-refractivity contribution is 6.15. The van der Waals surface area contributed by atoms with Gasteiger partial charge in [0.25, 0.3) is 0 Å². The molecular formula is C21H15NO2. The maximum Gasteiger partial charge on any atom is 0.152 e. The van der Waals surface area contributed by atoms with Crippen LogP contribution >= 0.6 is 0 Å². The van der Waals surface area contributed by atoms with Gasteiger partial charge in [-0.3, -0.25) is 9.59 Å². The van der Waals surface area contributed by atoms with Crippen LogP contribution < -0.4 is 0 Å². The van der Waals surface area contributed by atoms with Crippen molar-refractivity contribution in [2.24, 2.45) is 0 Å². The minimum Gasteiger partial charge on any atom is -0.335 e. The molecule has 3 heteroatoms. The summed E-state index contributed by atoms with van der Waals surface area (Å²) in [5.74, 6) is 0. The topological polar surface area (TPSA) is 39.1 Å². The van der Waals surface area contributed by atoms with Crippen molar-refractivity contribution in [1.82, 2.24) is 4.57 Å². The molecule has 0 bridgehead atoms. The molecule has 0 saturated heterocycles. The molecule has 3 aromatic carbocycles. The van der Waals surface area contributed by atoms with Crippen LogP contribution in [0, 0.1) is 0 Å². The molecule has 0 unspecified atom stereocenters. The number of carbonyl (C=O) groups is 2. The van der Waals surface area contributed by atoms with Crippen molar-refractivity contribution in [3.8, 4) is 0 Å². The minimum absolute atomic E-state index is 0.426. The Balaban J connectivity index is 2.11. The summed E-state index contributed by atoms with van der Waals surface area (Å²) in [6, 6.07) is 21.8. The molecule has 3 nitrogen and oxygen atoms in total. The van der Waals surface area contributed by atoms with Gasteiger partial charge in [-0.15, -0.1) is 0 Å². The number of nitrogens with zero attached hydrogens (tertiary/aromatic N) is 1. The summed E-state index contributed by atoms with van der Waals surface area (Å²) in [7, 11) is 0. The van der Waals surface area contributed by atoms with E-state index in [1.54, 1.807) is 6.07 Å². The van der Waals surface area contributed by atoms with Gasteiger partial charge in [0.2, 0.25) is 0 Å². The Kier molecular flexibility index (Phi) is 3.47. The zero-order valence-electron chi connectivity index (χ0n) is 13.0. The second-order valence-electron chi connectivity index (χ2n) is 5.79. The van der Waals surface area contributed by atoms with E-state index in [0.29, 0.717) is 17.7 Å². The van der Waals surface area contributed by atoms with Gasteiger partial charge < -0.3 is 4.57 Å². The zero-order valence-corrected chi connectivity index (χ0v) is 13.0. The normalized spacial score (nSPS) is 11.0. The maximum atomic E-state index is 11.7. The summed E-state index contributed by atoms with van der Waals surface area (Å²) in [6.07, 6.45) is 1.53. The first-order valence-corrected chi connectivity index (χ1v) is 7.81. The molecule has 116 valence electrons. The largest absolute Gasteiger partial charge is 0.335 e. The van der Waals surface area contributed by atoms with Crippen LogP contribution in [0.2, 0.25) is 0 Å². The minimum atomic E-state index is 0.426. The Morgan fingerprint density at radius 2 is 1.50 bits per heavy atom. The highest BCUT2D eigenvalue weighted by atomic mass is 16.1. The molecule has 0 spiro atoms. The highest BCUT2D eigenvalue weighted by Gasteiger charge is 2.16. The number of fused-ring (bicyclic) bond motifs is 3. The first-order chi connectivity index (χ1) is 11.8. The summed E-state index contributed by atoms with van der Waals surface area (Å²) in [5, 5.41) is 2.08. The number of hydrogen-bond donors (Lipinski definition) is 0. The lowest BCUT2D eigenvalue weighted by Gasteiger charge is -2.10. The quantitative estimate of drug-likeness (QED) is 0.521. The SMILES string of the molecule is O=Cc1ccc2c3ccccc3n(Cc3ccccc3)c2c1C=O. The number of aromatic nitrogens is 1. The summed E-state index contributed by atoms with van der Waals surface area (Å²) in [5.41, 5.74) is 3.90. The summed E-state index contributed by atoms with van der Waals surface area (Å²) < 4.78 is 2.12. The van der Waals surface area contributed by atoms with Crippen LogP contribution in [0.25, 0.3) is 21.8 Å². The smallest absolute Gasteiger partial charge is 0.152 e. The Bertz CT molecular complexity index is 1060. The monoisotopic (exact) mass is 313 g/mol. The summed E-state index contributed by atoms with van der Waals surface area (Å²) >= 11 is 0. The average Bonchev–Trinajstić information content (AvgIpc) is 2.96. The van der Waals surface area contributed by atoms with Crippen molar-refractivity contribution in [1.29, 1.82) is 0 Å². The molecule has 0 fully saturated rings. The lowest BCUT2D eigenvalue weighted by atomic mass is 10.0. The number of carbonyl (C=O) groups excluding carboxylic acids is 2. The van der Waals surface area contributed by atoms with Crippen LogP contribution in [0.15, 0.2) is 66.7 Å². The lowest BCUT2D eigenvalue weighted by Crippen LogP contribution is -2.03. The molecule has 0 atom stereocenters. The number of aldehydes is 2.